The Morgan fingerprint density at radius 2 is 1.59 bits per heavy atom. The Balaban J connectivity index is 2.28. The highest BCUT2D eigenvalue weighted by atomic mass is 35.5. The molecule has 118 valence electrons. The highest BCUT2D eigenvalue weighted by molar-refractivity contribution is 7.92. The Kier molecular flexibility index (Phi) is 4.79. The normalized spacial score (nSPS) is 12.1. The van der Waals surface area contributed by atoms with Crippen molar-refractivity contribution in [3.8, 4) is 0 Å². The SMILES string of the molecule is CCS(=O)(=O)c1ccc(NS(=O)(=O)c2cccc(Cl)c2)cc1. The predicted octanol–water partition coefficient (Wildman–Crippen LogP) is 2.93. The van der Waals surface area contributed by atoms with E-state index in [1.165, 1.54) is 42.5 Å². The van der Waals surface area contributed by atoms with E-state index >= 15 is 0 Å². The van der Waals surface area contributed by atoms with Gasteiger partial charge >= 0.3 is 0 Å². The minimum Gasteiger partial charge on any atom is -0.280 e. The van der Waals surface area contributed by atoms with Crippen molar-refractivity contribution in [3.63, 3.8) is 0 Å². The fourth-order valence-corrected chi connectivity index (χ4v) is 3.99. The van der Waals surface area contributed by atoms with Crippen molar-refractivity contribution in [1.82, 2.24) is 0 Å². The Bertz CT molecular complexity index is 875. The van der Waals surface area contributed by atoms with Gasteiger partial charge in [0.15, 0.2) is 9.84 Å². The van der Waals surface area contributed by atoms with Crippen molar-refractivity contribution < 1.29 is 16.8 Å². The molecule has 1 N–H and O–H groups in total. The summed E-state index contributed by atoms with van der Waals surface area (Å²) in [4.78, 5) is 0.186. The van der Waals surface area contributed by atoms with Crippen molar-refractivity contribution in [3.05, 3.63) is 53.6 Å². The predicted molar refractivity (Wildman–Crippen MR) is 86.4 cm³/mol. The van der Waals surface area contributed by atoms with Crippen LogP contribution in [-0.4, -0.2) is 22.6 Å². The Morgan fingerprint density at radius 3 is 2.14 bits per heavy atom. The lowest BCUT2D eigenvalue weighted by molar-refractivity contribution is 0.597. The second-order valence-electron chi connectivity index (χ2n) is 4.49. The Morgan fingerprint density at radius 1 is 0.955 bits per heavy atom. The van der Waals surface area contributed by atoms with Crippen LogP contribution in [-0.2, 0) is 19.9 Å². The fourth-order valence-electron chi connectivity index (χ4n) is 1.75. The molecule has 8 heteroatoms. The quantitative estimate of drug-likeness (QED) is 0.890. The summed E-state index contributed by atoms with van der Waals surface area (Å²) in [5.74, 6) is -0.0133. The van der Waals surface area contributed by atoms with Crippen molar-refractivity contribution in [2.45, 2.75) is 16.7 Å². The molecule has 0 aliphatic carbocycles. The lowest BCUT2D eigenvalue weighted by atomic mass is 10.3. The van der Waals surface area contributed by atoms with E-state index in [2.05, 4.69) is 4.72 Å². The summed E-state index contributed by atoms with van der Waals surface area (Å²) in [6, 6.07) is 11.4. The number of sulfonamides is 1. The Hall–Kier alpha value is -1.57. The van der Waals surface area contributed by atoms with Gasteiger partial charge in [-0.25, -0.2) is 16.8 Å². The highest BCUT2D eigenvalue weighted by Crippen LogP contribution is 2.21. The topological polar surface area (TPSA) is 80.3 Å². The van der Waals surface area contributed by atoms with Crippen LogP contribution in [0.25, 0.3) is 0 Å². The minimum atomic E-state index is -3.77. The van der Waals surface area contributed by atoms with E-state index in [4.69, 9.17) is 11.6 Å². The van der Waals surface area contributed by atoms with Gasteiger partial charge in [0.05, 0.1) is 15.5 Å². The fraction of sp³-hybridized carbons (Fsp3) is 0.143. The molecule has 0 radical (unpaired) electrons. The number of anilines is 1. The van der Waals surface area contributed by atoms with Gasteiger partial charge in [-0.15, -0.1) is 0 Å². The van der Waals surface area contributed by atoms with Gasteiger partial charge in [0.25, 0.3) is 10.0 Å². The van der Waals surface area contributed by atoms with Crippen LogP contribution in [0.1, 0.15) is 6.92 Å². The molecule has 2 aromatic carbocycles. The number of hydrogen-bond acceptors (Lipinski definition) is 4. The van der Waals surface area contributed by atoms with Crippen molar-refractivity contribution in [2.24, 2.45) is 0 Å². The van der Waals surface area contributed by atoms with Gasteiger partial charge in [-0.2, -0.15) is 0 Å². The summed E-state index contributed by atoms with van der Waals surface area (Å²) in [6.07, 6.45) is 0. The average Bonchev–Trinajstić information content (AvgIpc) is 2.47. The van der Waals surface area contributed by atoms with Gasteiger partial charge in [-0.05, 0) is 42.5 Å². The molecule has 0 heterocycles. The molecular formula is C14H14ClNO4S2. The molecule has 2 aromatic rings. The standard InChI is InChI=1S/C14H14ClNO4S2/c1-2-21(17,18)13-8-6-12(7-9-13)16-22(19,20)14-5-3-4-11(15)10-14/h3-10,16H,2H2,1H3. The van der Waals surface area contributed by atoms with Gasteiger partial charge in [0.2, 0.25) is 0 Å². The first-order valence-electron chi connectivity index (χ1n) is 6.36. The molecule has 0 spiro atoms. The van der Waals surface area contributed by atoms with Crippen LogP contribution in [0.3, 0.4) is 0 Å². The second-order valence-corrected chi connectivity index (χ2v) is 8.89. The maximum Gasteiger partial charge on any atom is 0.261 e. The summed E-state index contributed by atoms with van der Waals surface area (Å²) < 4.78 is 50.2. The summed E-state index contributed by atoms with van der Waals surface area (Å²) in [6.45, 7) is 1.55. The third-order valence-corrected chi connectivity index (χ3v) is 6.32. The van der Waals surface area contributed by atoms with Gasteiger partial charge < -0.3 is 0 Å². The highest BCUT2D eigenvalue weighted by Gasteiger charge is 2.16. The minimum absolute atomic E-state index is 0.0133. The van der Waals surface area contributed by atoms with E-state index < -0.39 is 19.9 Å². The molecule has 2 rings (SSSR count). The van der Waals surface area contributed by atoms with E-state index in [1.54, 1.807) is 13.0 Å². The largest absolute Gasteiger partial charge is 0.280 e. The van der Waals surface area contributed by atoms with Gasteiger partial charge in [-0.1, -0.05) is 24.6 Å². The van der Waals surface area contributed by atoms with Crippen LogP contribution < -0.4 is 4.72 Å². The van der Waals surface area contributed by atoms with Crippen LogP contribution >= 0.6 is 11.6 Å². The van der Waals surface area contributed by atoms with Crippen molar-refractivity contribution >= 4 is 37.1 Å². The van der Waals surface area contributed by atoms with E-state index in [-0.39, 0.29) is 21.2 Å². The maximum atomic E-state index is 12.2. The van der Waals surface area contributed by atoms with Crippen LogP contribution in [0.4, 0.5) is 5.69 Å². The second kappa shape index (κ2) is 6.28. The molecule has 22 heavy (non-hydrogen) atoms. The van der Waals surface area contributed by atoms with Gasteiger partial charge in [0.1, 0.15) is 0 Å². The smallest absolute Gasteiger partial charge is 0.261 e. The van der Waals surface area contributed by atoms with Crippen LogP contribution in [0.15, 0.2) is 58.3 Å². The molecule has 0 fully saturated rings. The monoisotopic (exact) mass is 359 g/mol. The van der Waals surface area contributed by atoms with E-state index in [1.807, 2.05) is 0 Å². The third-order valence-electron chi connectivity index (χ3n) is 2.95. The number of halogens is 1. The van der Waals surface area contributed by atoms with Gasteiger partial charge in [0, 0.05) is 10.7 Å². The third kappa shape index (κ3) is 3.79. The Labute approximate surface area is 134 Å². The number of hydrogen-bond donors (Lipinski definition) is 1. The lowest BCUT2D eigenvalue weighted by Gasteiger charge is -2.09. The van der Waals surface area contributed by atoms with Crippen molar-refractivity contribution in [1.29, 1.82) is 0 Å². The molecule has 0 aliphatic rings. The first kappa shape index (κ1) is 16.8. The number of benzene rings is 2. The van der Waals surface area contributed by atoms with E-state index in [9.17, 15) is 16.8 Å². The first-order chi connectivity index (χ1) is 10.2. The maximum absolute atomic E-state index is 12.2. The van der Waals surface area contributed by atoms with E-state index in [0.29, 0.717) is 5.02 Å². The summed E-state index contributed by atoms with van der Waals surface area (Å²) >= 11 is 5.78. The molecule has 0 saturated heterocycles. The van der Waals surface area contributed by atoms with E-state index in [0.717, 1.165) is 0 Å². The summed E-state index contributed by atoms with van der Waals surface area (Å²) in [7, 11) is -7.08. The molecule has 5 nitrogen and oxygen atoms in total. The summed E-state index contributed by atoms with van der Waals surface area (Å²) in [5.41, 5.74) is 0.273. The zero-order valence-electron chi connectivity index (χ0n) is 11.7. The van der Waals surface area contributed by atoms with Gasteiger partial charge in [-0.3, -0.25) is 4.72 Å². The molecule has 0 saturated carbocycles. The number of sulfone groups is 1. The van der Waals surface area contributed by atoms with Crippen LogP contribution in [0.5, 0.6) is 0 Å². The average molecular weight is 360 g/mol. The molecule has 0 atom stereocenters. The molecule has 0 unspecified atom stereocenters. The zero-order valence-corrected chi connectivity index (χ0v) is 14.0. The zero-order chi connectivity index (χ0) is 16.4. The molecule has 0 amide bonds. The first-order valence-corrected chi connectivity index (χ1v) is 9.87. The number of rotatable bonds is 5. The lowest BCUT2D eigenvalue weighted by Crippen LogP contribution is -2.13. The molecular weight excluding hydrogens is 346 g/mol. The molecule has 0 bridgehead atoms. The van der Waals surface area contributed by atoms with Crippen LogP contribution in [0.2, 0.25) is 5.02 Å². The molecule has 0 aromatic heterocycles. The van der Waals surface area contributed by atoms with Crippen LogP contribution in [0, 0.1) is 0 Å². The summed E-state index contributed by atoms with van der Waals surface area (Å²) in [5, 5.41) is 0.312. The van der Waals surface area contributed by atoms with Crippen molar-refractivity contribution in [2.75, 3.05) is 10.5 Å². The number of nitrogens with one attached hydrogen (secondary N) is 1. The molecule has 0 aliphatic heterocycles.